The van der Waals surface area contributed by atoms with Crippen molar-refractivity contribution in [3.8, 4) is 5.75 Å². The summed E-state index contributed by atoms with van der Waals surface area (Å²) in [6.45, 7) is 2.13. The van der Waals surface area contributed by atoms with Gasteiger partial charge in [0.25, 0.3) is 10.0 Å². The van der Waals surface area contributed by atoms with Crippen molar-refractivity contribution in [1.29, 1.82) is 0 Å². The van der Waals surface area contributed by atoms with Crippen LogP contribution in [0.1, 0.15) is 6.92 Å². The molecule has 21 heavy (non-hydrogen) atoms. The Morgan fingerprint density at radius 2 is 1.67 bits per heavy atom. The SMILES string of the molecule is CCOc1ccc(Cl)cc1S(=O)(=O)Nc1ccc(Cl)cc1. The average molecular weight is 346 g/mol. The zero-order valence-electron chi connectivity index (χ0n) is 11.1. The lowest BCUT2D eigenvalue weighted by Crippen LogP contribution is -2.14. The van der Waals surface area contributed by atoms with Gasteiger partial charge in [-0.05, 0) is 49.4 Å². The van der Waals surface area contributed by atoms with Crippen molar-refractivity contribution >= 4 is 38.9 Å². The fourth-order valence-electron chi connectivity index (χ4n) is 1.69. The summed E-state index contributed by atoms with van der Waals surface area (Å²) in [6.07, 6.45) is 0. The molecule has 0 fully saturated rings. The van der Waals surface area contributed by atoms with Crippen LogP contribution in [-0.2, 0) is 10.0 Å². The van der Waals surface area contributed by atoms with Gasteiger partial charge in [0, 0.05) is 15.7 Å². The van der Waals surface area contributed by atoms with Crippen molar-refractivity contribution in [1.82, 2.24) is 0 Å². The highest BCUT2D eigenvalue weighted by molar-refractivity contribution is 7.92. The lowest BCUT2D eigenvalue weighted by Gasteiger charge is -2.13. The molecule has 7 heteroatoms. The zero-order valence-corrected chi connectivity index (χ0v) is 13.5. The van der Waals surface area contributed by atoms with E-state index in [0.29, 0.717) is 22.3 Å². The van der Waals surface area contributed by atoms with E-state index in [1.165, 1.54) is 12.1 Å². The number of hydrogen-bond donors (Lipinski definition) is 1. The van der Waals surface area contributed by atoms with E-state index < -0.39 is 10.0 Å². The Balaban J connectivity index is 2.39. The zero-order chi connectivity index (χ0) is 15.5. The molecule has 112 valence electrons. The van der Waals surface area contributed by atoms with E-state index in [9.17, 15) is 8.42 Å². The first-order chi connectivity index (χ1) is 9.92. The second kappa shape index (κ2) is 6.56. The quantitative estimate of drug-likeness (QED) is 0.883. The Bertz CT molecular complexity index is 730. The Labute approximate surface area is 133 Å². The summed E-state index contributed by atoms with van der Waals surface area (Å²) in [5.41, 5.74) is 0.404. The molecule has 0 aromatic heterocycles. The van der Waals surface area contributed by atoms with Gasteiger partial charge in [0.05, 0.1) is 6.61 Å². The lowest BCUT2D eigenvalue weighted by atomic mass is 10.3. The molecule has 0 aliphatic carbocycles. The van der Waals surface area contributed by atoms with Gasteiger partial charge in [0.2, 0.25) is 0 Å². The summed E-state index contributed by atoms with van der Waals surface area (Å²) in [6, 6.07) is 10.8. The molecule has 1 N–H and O–H groups in total. The van der Waals surface area contributed by atoms with Crippen LogP contribution >= 0.6 is 23.2 Å². The van der Waals surface area contributed by atoms with Gasteiger partial charge in [0.15, 0.2) is 0 Å². The number of benzene rings is 2. The first-order valence-corrected chi connectivity index (χ1v) is 8.37. The minimum atomic E-state index is -3.80. The average Bonchev–Trinajstić information content (AvgIpc) is 2.43. The van der Waals surface area contributed by atoms with Gasteiger partial charge >= 0.3 is 0 Å². The van der Waals surface area contributed by atoms with Crippen LogP contribution in [0.5, 0.6) is 5.75 Å². The van der Waals surface area contributed by atoms with Crippen LogP contribution in [-0.4, -0.2) is 15.0 Å². The number of halogens is 2. The molecule has 0 saturated heterocycles. The molecule has 0 aliphatic heterocycles. The van der Waals surface area contributed by atoms with Gasteiger partial charge in [-0.25, -0.2) is 8.42 Å². The van der Waals surface area contributed by atoms with Gasteiger partial charge < -0.3 is 4.74 Å². The van der Waals surface area contributed by atoms with Crippen molar-refractivity contribution in [3.05, 3.63) is 52.5 Å². The minimum absolute atomic E-state index is 0.00759. The smallest absolute Gasteiger partial charge is 0.265 e. The van der Waals surface area contributed by atoms with Gasteiger partial charge in [-0.15, -0.1) is 0 Å². The number of ether oxygens (including phenoxy) is 1. The number of sulfonamides is 1. The highest BCUT2D eigenvalue weighted by Crippen LogP contribution is 2.29. The predicted molar refractivity (Wildman–Crippen MR) is 84.9 cm³/mol. The maximum Gasteiger partial charge on any atom is 0.265 e. The maximum absolute atomic E-state index is 12.5. The van der Waals surface area contributed by atoms with E-state index in [4.69, 9.17) is 27.9 Å². The predicted octanol–water partition coefficient (Wildman–Crippen LogP) is 4.19. The molecule has 2 rings (SSSR count). The van der Waals surface area contributed by atoms with Crippen molar-refractivity contribution < 1.29 is 13.2 Å². The van der Waals surface area contributed by atoms with Gasteiger partial charge in [-0.1, -0.05) is 23.2 Å². The normalized spacial score (nSPS) is 11.2. The monoisotopic (exact) mass is 345 g/mol. The van der Waals surface area contributed by atoms with Gasteiger partial charge in [0.1, 0.15) is 10.6 Å². The van der Waals surface area contributed by atoms with E-state index in [1.54, 1.807) is 37.3 Å². The van der Waals surface area contributed by atoms with E-state index >= 15 is 0 Å². The maximum atomic E-state index is 12.5. The Hall–Kier alpha value is -1.43. The van der Waals surface area contributed by atoms with Crippen molar-refractivity contribution in [2.24, 2.45) is 0 Å². The summed E-state index contributed by atoms with van der Waals surface area (Å²) < 4.78 is 32.7. The molecule has 0 atom stereocenters. The van der Waals surface area contributed by atoms with Crippen LogP contribution in [0.3, 0.4) is 0 Å². The fraction of sp³-hybridized carbons (Fsp3) is 0.143. The summed E-state index contributed by atoms with van der Waals surface area (Å²) in [7, 11) is -3.80. The molecule has 0 aliphatic rings. The molecule has 4 nitrogen and oxygen atoms in total. The number of rotatable bonds is 5. The number of nitrogens with one attached hydrogen (secondary N) is 1. The number of hydrogen-bond acceptors (Lipinski definition) is 3. The first kappa shape index (κ1) is 15.9. The van der Waals surface area contributed by atoms with Crippen LogP contribution in [0.2, 0.25) is 10.0 Å². The van der Waals surface area contributed by atoms with Gasteiger partial charge in [-0.3, -0.25) is 4.72 Å². The summed E-state index contributed by atoms with van der Waals surface area (Å²) in [5, 5.41) is 0.839. The highest BCUT2D eigenvalue weighted by atomic mass is 35.5. The minimum Gasteiger partial charge on any atom is -0.492 e. The van der Waals surface area contributed by atoms with Crippen LogP contribution in [0.15, 0.2) is 47.4 Å². The Morgan fingerprint density at radius 1 is 1.05 bits per heavy atom. The molecule has 0 radical (unpaired) electrons. The summed E-state index contributed by atoms with van der Waals surface area (Å²) in [4.78, 5) is -0.00759. The molecular formula is C14H13Cl2NO3S. The summed E-state index contributed by atoms with van der Waals surface area (Å²) >= 11 is 11.7. The first-order valence-electron chi connectivity index (χ1n) is 6.13. The standard InChI is InChI=1S/C14H13Cl2NO3S/c1-2-20-13-8-5-11(16)9-14(13)21(18,19)17-12-6-3-10(15)4-7-12/h3-9,17H,2H2,1H3. The molecule has 0 unspecified atom stereocenters. The molecule has 2 aromatic carbocycles. The van der Waals surface area contributed by atoms with Crippen molar-refractivity contribution in [2.75, 3.05) is 11.3 Å². The molecule has 0 amide bonds. The van der Waals surface area contributed by atoms with E-state index in [1.807, 2.05) is 0 Å². The molecular weight excluding hydrogens is 333 g/mol. The van der Waals surface area contributed by atoms with E-state index in [-0.39, 0.29) is 10.6 Å². The molecule has 0 saturated carbocycles. The third kappa shape index (κ3) is 4.03. The highest BCUT2D eigenvalue weighted by Gasteiger charge is 2.20. The summed E-state index contributed by atoms with van der Waals surface area (Å²) in [5.74, 6) is 0.253. The third-order valence-electron chi connectivity index (χ3n) is 2.59. The number of anilines is 1. The van der Waals surface area contributed by atoms with Gasteiger partial charge in [-0.2, -0.15) is 0 Å². The third-order valence-corrected chi connectivity index (χ3v) is 4.48. The van der Waals surface area contributed by atoms with Crippen LogP contribution in [0, 0.1) is 0 Å². The Morgan fingerprint density at radius 3 is 2.29 bits per heavy atom. The molecule has 0 spiro atoms. The van der Waals surface area contributed by atoms with Crippen LogP contribution < -0.4 is 9.46 Å². The topological polar surface area (TPSA) is 55.4 Å². The fourth-order valence-corrected chi connectivity index (χ4v) is 3.29. The van der Waals surface area contributed by atoms with E-state index in [2.05, 4.69) is 4.72 Å². The van der Waals surface area contributed by atoms with Crippen molar-refractivity contribution in [2.45, 2.75) is 11.8 Å². The molecule has 0 bridgehead atoms. The van der Waals surface area contributed by atoms with Crippen LogP contribution in [0.25, 0.3) is 0 Å². The second-order valence-corrected chi connectivity index (χ2v) is 6.66. The van der Waals surface area contributed by atoms with Crippen molar-refractivity contribution in [3.63, 3.8) is 0 Å². The van der Waals surface area contributed by atoms with E-state index in [0.717, 1.165) is 0 Å². The molecule has 2 aromatic rings. The van der Waals surface area contributed by atoms with Crippen LogP contribution in [0.4, 0.5) is 5.69 Å². The lowest BCUT2D eigenvalue weighted by molar-refractivity contribution is 0.331. The second-order valence-electron chi connectivity index (χ2n) is 4.14. The molecule has 0 heterocycles. The Kier molecular flexibility index (Phi) is 4.98. The largest absolute Gasteiger partial charge is 0.492 e.